The second-order valence-electron chi connectivity index (χ2n) is 13.6. The lowest BCUT2D eigenvalue weighted by Gasteiger charge is -2.61. The Balaban J connectivity index is 1.47. The lowest BCUT2D eigenvalue weighted by molar-refractivity contribution is -0.129. The van der Waals surface area contributed by atoms with E-state index < -0.39 is 0 Å². The third-order valence-electron chi connectivity index (χ3n) is 12.1. The molecule has 0 amide bonds. The van der Waals surface area contributed by atoms with Gasteiger partial charge in [-0.1, -0.05) is 48.5 Å². The topological polar surface area (TPSA) is 20.2 Å². The first-order valence-corrected chi connectivity index (χ1v) is 13.8. The first-order chi connectivity index (χ1) is 14.1. The smallest absolute Gasteiger partial charge is 0.0543 e. The van der Waals surface area contributed by atoms with E-state index >= 15 is 0 Å². The fourth-order valence-corrected chi connectivity index (χ4v) is 9.83. The van der Waals surface area contributed by atoms with Gasteiger partial charge in [0.05, 0.1) is 6.10 Å². The van der Waals surface area contributed by atoms with Crippen molar-refractivity contribution >= 4 is 0 Å². The summed E-state index contributed by atoms with van der Waals surface area (Å²) in [5.74, 6) is 8.01. The first kappa shape index (κ1) is 23.1. The van der Waals surface area contributed by atoms with Gasteiger partial charge in [-0.2, -0.15) is 0 Å². The first-order valence-electron chi connectivity index (χ1n) is 13.8. The van der Waals surface area contributed by atoms with Crippen LogP contribution < -0.4 is 0 Å². The molecule has 4 fully saturated rings. The maximum absolute atomic E-state index is 10.3. The second kappa shape index (κ2) is 8.39. The summed E-state index contributed by atoms with van der Waals surface area (Å²) in [4.78, 5) is 0. The predicted octanol–water partition coefficient (Wildman–Crippen LogP) is 7.96. The van der Waals surface area contributed by atoms with Crippen LogP contribution in [0, 0.1) is 64.1 Å². The molecule has 4 rings (SSSR count). The van der Waals surface area contributed by atoms with Crippen molar-refractivity contribution in [3.8, 4) is 0 Å². The van der Waals surface area contributed by atoms with Gasteiger partial charge in [-0.15, -0.1) is 0 Å². The molecule has 0 saturated heterocycles. The minimum atomic E-state index is -0.0135. The molecule has 0 aromatic heterocycles. The summed E-state index contributed by atoms with van der Waals surface area (Å²) >= 11 is 0. The van der Waals surface area contributed by atoms with Gasteiger partial charge in [0.2, 0.25) is 0 Å². The molecule has 0 bridgehead atoms. The van der Waals surface area contributed by atoms with Crippen molar-refractivity contribution in [3.05, 3.63) is 0 Å². The molecular formula is C29H52O. The van der Waals surface area contributed by atoms with Gasteiger partial charge in [0.25, 0.3) is 0 Å². The van der Waals surface area contributed by atoms with Gasteiger partial charge in [0.15, 0.2) is 0 Å². The number of hydrogen-bond acceptors (Lipinski definition) is 1. The lowest BCUT2D eigenvalue weighted by Crippen LogP contribution is -2.54. The molecule has 1 nitrogen and oxygen atoms in total. The summed E-state index contributed by atoms with van der Waals surface area (Å²) in [5, 5.41) is 10.3. The van der Waals surface area contributed by atoms with Crippen LogP contribution in [0.3, 0.4) is 0 Å². The number of hydrogen-bond donors (Lipinski definition) is 1. The van der Waals surface area contributed by atoms with Crippen molar-refractivity contribution in [2.75, 3.05) is 0 Å². The second-order valence-corrected chi connectivity index (χ2v) is 13.6. The molecule has 4 aliphatic rings. The van der Waals surface area contributed by atoms with Crippen LogP contribution in [-0.4, -0.2) is 11.2 Å². The fraction of sp³-hybridized carbons (Fsp3) is 1.00. The molecule has 1 heteroatoms. The quantitative estimate of drug-likeness (QED) is 0.482. The van der Waals surface area contributed by atoms with Gasteiger partial charge in [0, 0.05) is 0 Å². The summed E-state index contributed by atoms with van der Waals surface area (Å²) in [6.45, 7) is 17.8. The Morgan fingerprint density at radius 3 is 2.17 bits per heavy atom. The van der Waals surface area contributed by atoms with Gasteiger partial charge in [-0.3, -0.25) is 0 Å². The lowest BCUT2D eigenvalue weighted by atomic mass is 9.44. The normalized spacial score (nSPS) is 49.1. The van der Waals surface area contributed by atoms with Gasteiger partial charge >= 0.3 is 0 Å². The number of fused-ring (bicyclic) bond motifs is 5. The number of aliphatic hydroxyl groups is 1. The fourth-order valence-electron chi connectivity index (χ4n) is 9.83. The Morgan fingerprint density at radius 2 is 1.47 bits per heavy atom. The van der Waals surface area contributed by atoms with Gasteiger partial charge < -0.3 is 5.11 Å². The zero-order chi connectivity index (χ0) is 21.8. The maximum Gasteiger partial charge on any atom is 0.0543 e. The molecule has 0 aromatic rings. The van der Waals surface area contributed by atoms with Crippen LogP contribution in [0.1, 0.15) is 113 Å². The van der Waals surface area contributed by atoms with Crippen molar-refractivity contribution in [1.82, 2.24) is 0 Å². The molecule has 0 aromatic carbocycles. The van der Waals surface area contributed by atoms with E-state index in [0.717, 1.165) is 66.1 Å². The van der Waals surface area contributed by atoms with Crippen molar-refractivity contribution in [1.29, 1.82) is 0 Å². The number of aliphatic hydroxyl groups excluding tert-OH is 1. The van der Waals surface area contributed by atoms with E-state index in [0.29, 0.717) is 10.8 Å². The zero-order valence-corrected chi connectivity index (χ0v) is 21.3. The van der Waals surface area contributed by atoms with Crippen LogP contribution in [-0.2, 0) is 0 Å². The highest BCUT2D eigenvalue weighted by molar-refractivity contribution is 5.09. The molecule has 1 N–H and O–H groups in total. The van der Waals surface area contributed by atoms with Gasteiger partial charge in [-0.25, -0.2) is 0 Å². The standard InChI is InChI=1S/C29H52O/c1-18(2)21(5)19(3)16-20(4)25-10-11-26-24-9-8-22-17-23(30)12-14-28(22,6)27(24)13-15-29(25,26)7/h18-27,30H,8-17H2,1-7H3/t19-,20+,21+,22?,23-,24-,25+,26-,27-,28-,29+/m0/s1. The molecule has 4 saturated carbocycles. The summed E-state index contributed by atoms with van der Waals surface area (Å²) in [5.41, 5.74) is 1.12. The SMILES string of the molecule is CC(C)[C@@H](C)[C@@H](C)C[C@@H](C)[C@H]1CC[C@H]2[C@@H]3CCC4C[C@@H](O)CC[C@]4(C)[C@H]3CC[C@]12C. The Morgan fingerprint density at radius 1 is 0.800 bits per heavy atom. The highest BCUT2D eigenvalue weighted by atomic mass is 16.3. The van der Waals surface area contributed by atoms with E-state index in [1.54, 1.807) is 0 Å². The third kappa shape index (κ3) is 3.72. The molecular weight excluding hydrogens is 364 g/mol. The average molecular weight is 417 g/mol. The van der Waals surface area contributed by atoms with Crippen molar-refractivity contribution in [3.63, 3.8) is 0 Å². The van der Waals surface area contributed by atoms with Crippen LogP contribution >= 0.6 is 0 Å². The highest BCUT2D eigenvalue weighted by Gasteiger charge is 2.60. The molecule has 0 heterocycles. The molecule has 0 aliphatic heterocycles. The zero-order valence-electron chi connectivity index (χ0n) is 21.3. The van der Waals surface area contributed by atoms with Crippen LogP contribution in [0.4, 0.5) is 0 Å². The van der Waals surface area contributed by atoms with E-state index in [-0.39, 0.29) is 6.10 Å². The van der Waals surface area contributed by atoms with Crippen molar-refractivity contribution in [2.24, 2.45) is 64.1 Å². The van der Waals surface area contributed by atoms with Gasteiger partial charge in [-0.05, 0) is 128 Å². The molecule has 11 atom stereocenters. The molecule has 30 heavy (non-hydrogen) atoms. The average Bonchev–Trinajstić information content (AvgIpc) is 3.05. The van der Waals surface area contributed by atoms with Crippen molar-refractivity contribution < 1.29 is 5.11 Å². The Hall–Kier alpha value is -0.0400. The maximum atomic E-state index is 10.3. The van der Waals surface area contributed by atoms with E-state index in [1.807, 2.05) is 0 Å². The Kier molecular flexibility index (Phi) is 6.47. The van der Waals surface area contributed by atoms with E-state index in [2.05, 4.69) is 48.5 Å². The van der Waals surface area contributed by atoms with Gasteiger partial charge in [0.1, 0.15) is 0 Å². The Bertz CT molecular complexity index is 597. The summed E-state index contributed by atoms with van der Waals surface area (Å²) < 4.78 is 0. The van der Waals surface area contributed by atoms with E-state index in [9.17, 15) is 5.11 Å². The summed E-state index contributed by atoms with van der Waals surface area (Å²) in [7, 11) is 0. The van der Waals surface area contributed by atoms with Crippen LogP contribution in [0.2, 0.25) is 0 Å². The minimum absolute atomic E-state index is 0.0135. The van der Waals surface area contributed by atoms with Crippen LogP contribution in [0.25, 0.3) is 0 Å². The van der Waals surface area contributed by atoms with E-state index in [1.165, 1.54) is 51.4 Å². The molecule has 174 valence electrons. The largest absolute Gasteiger partial charge is 0.393 e. The molecule has 0 spiro atoms. The van der Waals surface area contributed by atoms with Crippen molar-refractivity contribution in [2.45, 2.75) is 119 Å². The van der Waals surface area contributed by atoms with Crippen LogP contribution in [0.15, 0.2) is 0 Å². The molecule has 1 unspecified atom stereocenters. The summed E-state index contributed by atoms with van der Waals surface area (Å²) in [6, 6.07) is 0. The molecule has 4 aliphatic carbocycles. The number of rotatable bonds is 5. The van der Waals surface area contributed by atoms with Crippen LogP contribution in [0.5, 0.6) is 0 Å². The highest BCUT2D eigenvalue weighted by Crippen LogP contribution is 2.68. The Labute approximate surface area is 188 Å². The monoisotopic (exact) mass is 416 g/mol. The third-order valence-corrected chi connectivity index (χ3v) is 12.1. The van der Waals surface area contributed by atoms with E-state index in [4.69, 9.17) is 0 Å². The summed E-state index contributed by atoms with van der Waals surface area (Å²) in [6.07, 6.45) is 13.7. The minimum Gasteiger partial charge on any atom is -0.393 e. The molecule has 0 radical (unpaired) electrons. The predicted molar refractivity (Wildman–Crippen MR) is 128 cm³/mol.